The van der Waals surface area contributed by atoms with Crippen LogP contribution in [0.1, 0.15) is 0 Å². The second-order valence-electron chi connectivity index (χ2n) is 3.17. The number of phenols is 1. The summed E-state index contributed by atoms with van der Waals surface area (Å²) in [4.78, 5) is -0.803. The fourth-order valence-corrected chi connectivity index (χ4v) is 2.34. The molecule has 2 rings (SSSR count). The summed E-state index contributed by atoms with van der Waals surface area (Å²) < 4.78 is 31.7. The Hall–Kier alpha value is -1.93. The third-order valence-electron chi connectivity index (χ3n) is 2.20. The highest BCUT2D eigenvalue weighted by Gasteiger charge is 2.27. The smallest absolute Gasteiger partial charge is 0.300 e. The minimum absolute atomic E-state index is 0.0881. The van der Waals surface area contributed by atoms with E-state index in [2.05, 4.69) is 0 Å². The van der Waals surface area contributed by atoms with Gasteiger partial charge in [-0.3, -0.25) is 4.55 Å². The number of nitrogens with two attached hydrogens (primary N) is 1. The number of fused-ring (bicyclic) bond motifs is 1. The molecular weight excluding hydrogens is 236 g/mol. The lowest BCUT2D eigenvalue weighted by Gasteiger charge is -1.97. The third-order valence-corrected chi connectivity index (χ3v) is 3.10. The number of aromatic hydroxyl groups is 2. The fraction of sp³-hybridized carbons (Fsp3) is 0. The molecule has 0 unspecified atom stereocenters. The number of rotatable bonds is 1. The lowest BCUT2D eigenvalue weighted by molar-refractivity contribution is 0.417. The summed E-state index contributed by atoms with van der Waals surface area (Å²) in [5.74, 6) is 4.15. The molecular formula is C8H8N2O5S. The van der Waals surface area contributed by atoms with Crippen molar-refractivity contribution in [3.63, 3.8) is 0 Å². The SMILES string of the molecule is Nn1c(O)c(S(=O)(=O)O)c2c(O)cccc21. The molecule has 0 radical (unpaired) electrons. The first-order valence-corrected chi connectivity index (χ1v) is 5.56. The molecule has 0 saturated carbocycles. The zero-order valence-corrected chi connectivity index (χ0v) is 8.64. The van der Waals surface area contributed by atoms with E-state index in [-0.39, 0.29) is 10.9 Å². The molecule has 0 aliphatic rings. The zero-order valence-electron chi connectivity index (χ0n) is 7.82. The number of benzene rings is 1. The Morgan fingerprint density at radius 3 is 2.44 bits per heavy atom. The molecule has 8 heteroatoms. The molecule has 0 bridgehead atoms. The molecule has 0 fully saturated rings. The van der Waals surface area contributed by atoms with Crippen LogP contribution in [0, 0.1) is 0 Å². The molecule has 5 N–H and O–H groups in total. The molecule has 0 aliphatic heterocycles. The molecule has 1 aromatic carbocycles. The largest absolute Gasteiger partial charge is 0.507 e. The Labute approximate surface area is 90.1 Å². The quantitative estimate of drug-likeness (QED) is 0.413. The number of hydrogen-bond donors (Lipinski definition) is 4. The minimum Gasteiger partial charge on any atom is -0.507 e. The first-order chi connectivity index (χ1) is 7.34. The van der Waals surface area contributed by atoms with Gasteiger partial charge in [0.2, 0.25) is 5.88 Å². The van der Waals surface area contributed by atoms with Gasteiger partial charge in [-0.2, -0.15) is 8.42 Å². The summed E-state index contributed by atoms with van der Waals surface area (Å²) in [7, 11) is -4.67. The number of aromatic nitrogens is 1. The van der Waals surface area contributed by atoms with Crippen LogP contribution in [0.2, 0.25) is 0 Å². The van der Waals surface area contributed by atoms with Crippen LogP contribution in [-0.2, 0) is 10.1 Å². The van der Waals surface area contributed by atoms with Gasteiger partial charge >= 0.3 is 10.1 Å². The number of nitrogens with zero attached hydrogens (tertiary/aromatic N) is 1. The Kier molecular flexibility index (Phi) is 2.00. The molecule has 7 nitrogen and oxygen atoms in total. The lowest BCUT2D eigenvalue weighted by atomic mass is 10.2. The van der Waals surface area contributed by atoms with Gasteiger partial charge in [0.15, 0.2) is 4.90 Å². The van der Waals surface area contributed by atoms with Gasteiger partial charge in [-0.25, -0.2) is 4.68 Å². The van der Waals surface area contributed by atoms with Crippen molar-refractivity contribution in [2.75, 3.05) is 5.84 Å². The average Bonchev–Trinajstić information content (AvgIpc) is 2.42. The Bertz CT molecular complexity index is 673. The maximum absolute atomic E-state index is 11.0. The first-order valence-electron chi connectivity index (χ1n) is 4.12. The molecule has 1 aromatic heterocycles. The van der Waals surface area contributed by atoms with Gasteiger partial charge in [-0.05, 0) is 12.1 Å². The number of phenolic OH excluding ortho intramolecular Hbond substituents is 1. The second-order valence-corrected chi connectivity index (χ2v) is 4.53. The van der Waals surface area contributed by atoms with Crippen LogP contribution in [0.15, 0.2) is 23.1 Å². The van der Waals surface area contributed by atoms with Crippen LogP contribution in [0.3, 0.4) is 0 Å². The molecule has 0 amide bonds. The molecule has 2 aromatic rings. The summed E-state index contributed by atoms with van der Waals surface area (Å²) in [5.41, 5.74) is 0.0881. The van der Waals surface area contributed by atoms with Crippen LogP contribution >= 0.6 is 0 Å². The standard InChI is InChI=1S/C8H8N2O5S/c9-10-4-2-1-3-5(11)6(4)7(8(10)12)16(13,14)15/h1-3,11-12H,9H2,(H,13,14,15). The van der Waals surface area contributed by atoms with Crippen molar-refractivity contribution >= 4 is 21.0 Å². The van der Waals surface area contributed by atoms with E-state index in [0.29, 0.717) is 4.68 Å². The maximum Gasteiger partial charge on any atom is 0.300 e. The van der Waals surface area contributed by atoms with Crippen LogP contribution in [0.5, 0.6) is 11.6 Å². The predicted octanol–water partition coefficient (Wildman–Crippen LogP) is 0.0130. The van der Waals surface area contributed by atoms with Crippen LogP contribution < -0.4 is 5.84 Å². The van der Waals surface area contributed by atoms with E-state index >= 15 is 0 Å². The summed E-state index contributed by atoms with van der Waals surface area (Å²) in [6, 6.07) is 4.04. The summed E-state index contributed by atoms with van der Waals surface area (Å²) in [5, 5.41) is 18.7. The Morgan fingerprint density at radius 2 is 1.88 bits per heavy atom. The van der Waals surface area contributed by atoms with Crippen molar-refractivity contribution < 1.29 is 23.2 Å². The van der Waals surface area contributed by atoms with Crippen molar-refractivity contribution in [2.45, 2.75) is 4.90 Å². The van der Waals surface area contributed by atoms with Gasteiger partial charge in [0, 0.05) is 0 Å². The molecule has 86 valence electrons. The van der Waals surface area contributed by atoms with Crippen molar-refractivity contribution in [1.82, 2.24) is 4.68 Å². The zero-order chi connectivity index (χ0) is 12.1. The topological polar surface area (TPSA) is 126 Å². The van der Waals surface area contributed by atoms with E-state index in [1.807, 2.05) is 0 Å². The minimum atomic E-state index is -4.67. The van der Waals surface area contributed by atoms with E-state index in [9.17, 15) is 18.6 Å². The normalized spacial score (nSPS) is 12.1. The van der Waals surface area contributed by atoms with E-state index in [0.717, 1.165) is 0 Å². The van der Waals surface area contributed by atoms with E-state index in [1.165, 1.54) is 18.2 Å². The van der Waals surface area contributed by atoms with Gasteiger partial charge in [-0.15, -0.1) is 0 Å². The highest BCUT2D eigenvalue weighted by molar-refractivity contribution is 7.86. The van der Waals surface area contributed by atoms with Gasteiger partial charge in [-0.1, -0.05) is 6.07 Å². The second kappa shape index (κ2) is 3.03. The molecule has 0 saturated heterocycles. The highest BCUT2D eigenvalue weighted by Crippen LogP contribution is 2.37. The average molecular weight is 244 g/mol. The van der Waals surface area contributed by atoms with Crippen molar-refractivity contribution in [2.24, 2.45) is 0 Å². The summed E-state index contributed by atoms with van der Waals surface area (Å²) in [6.07, 6.45) is 0. The van der Waals surface area contributed by atoms with Crippen molar-refractivity contribution in [3.05, 3.63) is 18.2 Å². The van der Waals surface area contributed by atoms with Gasteiger partial charge in [0.05, 0.1) is 10.9 Å². The lowest BCUT2D eigenvalue weighted by Crippen LogP contribution is -2.07. The van der Waals surface area contributed by atoms with Gasteiger partial charge in [0.1, 0.15) is 5.75 Å². The van der Waals surface area contributed by atoms with E-state index < -0.39 is 26.6 Å². The van der Waals surface area contributed by atoms with Crippen molar-refractivity contribution in [3.8, 4) is 11.6 Å². The van der Waals surface area contributed by atoms with Gasteiger partial charge < -0.3 is 16.1 Å². The summed E-state index contributed by atoms with van der Waals surface area (Å²) >= 11 is 0. The maximum atomic E-state index is 11.0. The predicted molar refractivity (Wildman–Crippen MR) is 55.2 cm³/mol. The number of nitrogen functional groups attached to an aromatic ring is 1. The molecule has 0 atom stereocenters. The Morgan fingerprint density at radius 1 is 1.25 bits per heavy atom. The van der Waals surface area contributed by atoms with Crippen LogP contribution in [-0.4, -0.2) is 27.9 Å². The molecule has 16 heavy (non-hydrogen) atoms. The van der Waals surface area contributed by atoms with E-state index in [4.69, 9.17) is 10.4 Å². The third kappa shape index (κ3) is 1.27. The van der Waals surface area contributed by atoms with Gasteiger partial charge in [0.25, 0.3) is 0 Å². The molecule has 0 spiro atoms. The monoisotopic (exact) mass is 244 g/mol. The summed E-state index contributed by atoms with van der Waals surface area (Å²) in [6.45, 7) is 0. The fourth-order valence-electron chi connectivity index (χ4n) is 1.54. The molecule has 1 heterocycles. The van der Waals surface area contributed by atoms with Crippen LogP contribution in [0.25, 0.3) is 10.9 Å². The van der Waals surface area contributed by atoms with E-state index in [1.54, 1.807) is 0 Å². The van der Waals surface area contributed by atoms with Crippen molar-refractivity contribution in [1.29, 1.82) is 0 Å². The van der Waals surface area contributed by atoms with Crippen LogP contribution in [0.4, 0.5) is 0 Å². The first kappa shape index (κ1) is 10.6. The highest BCUT2D eigenvalue weighted by atomic mass is 32.2. The Balaban J connectivity index is 3.10. The molecule has 0 aliphatic carbocycles. The number of hydrogen-bond acceptors (Lipinski definition) is 5.